The van der Waals surface area contributed by atoms with Crippen LogP contribution in [-0.2, 0) is 20.7 Å². The molecule has 0 aromatic heterocycles. The molecule has 0 unspecified atom stereocenters. The van der Waals surface area contributed by atoms with Gasteiger partial charge < -0.3 is 14.8 Å². The number of benzene rings is 1. The average Bonchev–Trinajstić information content (AvgIpc) is 2.40. The van der Waals surface area contributed by atoms with E-state index in [4.69, 9.17) is 21.1 Å². The van der Waals surface area contributed by atoms with E-state index in [-0.39, 0.29) is 6.54 Å². The molecule has 1 N–H and O–H groups in total. The second-order valence-electron chi connectivity index (χ2n) is 5.94. The van der Waals surface area contributed by atoms with E-state index in [1.807, 2.05) is 12.1 Å². The minimum absolute atomic E-state index is 0.133. The van der Waals surface area contributed by atoms with E-state index in [0.29, 0.717) is 11.4 Å². The zero-order chi connectivity index (χ0) is 16.8. The predicted molar refractivity (Wildman–Crippen MR) is 84.9 cm³/mol. The van der Waals surface area contributed by atoms with Crippen molar-refractivity contribution in [2.75, 3.05) is 13.7 Å². The van der Waals surface area contributed by atoms with Gasteiger partial charge >= 0.3 is 12.1 Å². The van der Waals surface area contributed by atoms with Crippen LogP contribution in [0.4, 0.5) is 4.79 Å². The quantitative estimate of drug-likeness (QED) is 0.843. The van der Waals surface area contributed by atoms with Gasteiger partial charge in [-0.15, -0.1) is 0 Å². The van der Waals surface area contributed by atoms with Gasteiger partial charge in [-0.2, -0.15) is 0 Å². The van der Waals surface area contributed by atoms with Gasteiger partial charge in [0, 0.05) is 11.6 Å². The molecule has 1 aromatic carbocycles. The van der Waals surface area contributed by atoms with Crippen molar-refractivity contribution < 1.29 is 19.1 Å². The summed E-state index contributed by atoms with van der Waals surface area (Å²) in [4.78, 5) is 23.5. The lowest BCUT2D eigenvalue weighted by molar-refractivity contribution is -0.145. The standard InChI is InChI=1S/C16H22ClNO4/c1-16(2,3)22-15(20)18-10-12(14(19)21-4)8-11-6-5-7-13(17)9-11/h5-7,9,12H,8,10H2,1-4H3,(H,18,20)/t12-/m0/s1. The highest BCUT2D eigenvalue weighted by molar-refractivity contribution is 6.30. The fourth-order valence-electron chi connectivity index (χ4n) is 1.87. The highest BCUT2D eigenvalue weighted by atomic mass is 35.5. The third kappa shape index (κ3) is 6.80. The maximum atomic E-state index is 11.9. The van der Waals surface area contributed by atoms with Gasteiger partial charge in [-0.05, 0) is 44.9 Å². The first-order valence-electron chi connectivity index (χ1n) is 7.00. The molecule has 1 rings (SSSR count). The number of rotatable bonds is 5. The number of hydrogen-bond donors (Lipinski definition) is 1. The number of amides is 1. The summed E-state index contributed by atoms with van der Waals surface area (Å²) in [5.74, 6) is -0.896. The SMILES string of the molecule is COC(=O)[C@H](CNC(=O)OC(C)(C)C)Cc1cccc(Cl)c1. The van der Waals surface area contributed by atoms with Crippen molar-refractivity contribution in [3.63, 3.8) is 0 Å². The molecule has 0 spiro atoms. The van der Waals surface area contributed by atoms with Crippen molar-refractivity contribution in [2.45, 2.75) is 32.8 Å². The molecule has 5 nitrogen and oxygen atoms in total. The molecule has 22 heavy (non-hydrogen) atoms. The van der Waals surface area contributed by atoms with Gasteiger partial charge in [-0.25, -0.2) is 4.79 Å². The first-order chi connectivity index (χ1) is 10.2. The number of carbonyl (C=O) groups excluding carboxylic acids is 2. The second-order valence-corrected chi connectivity index (χ2v) is 6.37. The molecule has 0 aliphatic heterocycles. The lowest BCUT2D eigenvalue weighted by Crippen LogP contribution is -2.38. The van der Waals surface area contributed by atoms with E-state index in [0.717, 1.165) is 5.56 Å². The molecule has 0 bridgehead atoms. The lowest BCUT2D eigenvalue weighted by Gasteiger charge is -2.21. The van der Waals surface area contributed by atoms with Crippen molar-refractivity contribution in [3.8, 4) is 0 Å². The third-order valence-corrected chi connectivity index (χ3v) is 3.03. The number of methoxy groups -OCH3 is 1. The van der Waals surface area contributed by atoms with Gasteiger partial charge in [-0.1, -0.05) is 23.7 Å². The van der Waals surface area contributed by atoms with Crippen molar-refractivity contribution in [1.29, 1.82) is 0 Å². The summed E-state index contributed by atoms with van der Waals surface area (Å²) in [5, 5.41) is 3.19. The molecular formula is C16H22ClNO4. The first kappa shape index (κ1) is 18.3. The van der Waals surface area contributed by atoms with Gasteiger partial charge in [0.1, 0.15) is 5.60 Å². The lowest BCUT2D eigenvalue weighted by atomic mass is 9.99. The van der Waals surface area contributed by atoms with Crippen molar-refractivity contribution in [3.05, 3.63) is 34.9 Å². The number of carbonyl (C=O) groups is 2. The number of ether oxygens (including phenoxy) is 2. The van der Waals surface area contributed by atoms with Crippen LogP contribution < -0.4 is 5.32 Å². The Labute approximate surface area is 135 Å². The number of nitrogens with one attached hydrogen (secondary N) is 1. The summed E-state index contributed by atoms with van der Waals surface area (Å²) in [5.41, 5.74) is 0.312. The average molecular weight is 328 g/mol. The van der Waals surface area contributed by atoms with Gasteiger partial charge in [0.05, 0.1) is 13.0 Å². The summed E-state index contributed by atoms with van der Waals surface area (Å²) in [6.45, 7) is 5.46. The molecule has 0 aliphatic carbocycles. The first-order valence-corrected chi connectivity index (χ1v) is 7.38. The Hall–Kier alpha value is -1.75. The summed E-state index contributed by atoms with van der Waals surface area (Å²) < 4.78 is 9.93. The maximum Gasteiger partial charge on any atom is 0.407 e. The molecule has 6 heteroatoms. The Kier molecular flexibility index (Phi) is 6.68. The summed E-state index contributed by atoms with van der Waals surface area (Å²) >= 11 is 5.94. The number of hydrogen-bond acceptors (Lipinski definition) is 4. The Bertz CT molecular complexity index is 525. The molecule has 1 amide bonds. The van der Waals surface area contributed by atoms with E-state index in [1.165, 1.54) is 7.11 Å². The topological polar surface area (TPSA) is 64.6 Å². The van der Waals surface area contributed by atoms with Crippen LogP contribution in [0.2, 0.25) is 5.02 Å². The van der Waals surface area contributed by atoms with Gasteiger partial charge in [-0.3, -0.25) is 4.79 Å². The second kappa shape index (κ2) is 8.03. The van der Waals surface area contributed by atoms with Crippen LogP contribution >= 0.6 is 11.6 Å². The largest absolute Gasteiger partial charge is 0.469 e. The molecule has 122 valence electrons. The van der Waals surface area contributed by atoms with Crippen molar-refractivity contribution in [1.82, 2.24) is 5.32 Å². The maximum absolute atomic E-state index is 11.9. The summed E-state index contributed by atoms with van der Waals surface area (Å²) in [6.07, 6.45) is -0.143. The smallest absolute Gasteiger partial charge is 0.407 e. The molecule has 0 fully saturated rings. The normalized spacial score (nSPS) is 12.4. The Morgan fingerprint density at radius 3 is 2.55 bits per heavy atom. The monoisotopic (exact) mass is 327 g/mol. The molecule has 0 radical (unpaired) electrons. The Balaban J connectivity index is 2.66. The zero-order valence-corrected chi connectivity index (χ0v) is 14.1. The van der Waals surface area contributed by atoms with Crippen LogP contribution in [0.5, 0.6) is 0 Å². The van der Waals surface area contributed by atoms with Crippen LogP contribution in [0.1, 0.15) is 26.3 Å². The summed E-state index contributed by atoms with van der Waals surface area (Å²) in [6, 6.07) is 7.23. The highest BCUT2D eigenvalue weighted by Crippen LogP contribution is 2.15. The molecule has 1 aromatic rings. The highest BCUT2D eigenvalue weighted by Gasteiger charge is 2.22. The fourth-order valence-corrected chi connectivity index (χ4v) is 2.09. The van der Waals surface area contributed by atoms with E-state index in [1.54, 1.807) is 32.9 Å². The van der Waals surface area contributed by atoms with E-state index in [9.17, 15) is 9.59 Å². The number of halogens is 1. The molecule has 0 saturated heterocycles. The summed E-state index contributed by atoms with van der Waals surface area (Å²) in [7, 11) is 1.32. The predicted octanol–water partition coefficient (Wildman–Crippen LogP) is 3.20. The van der Waals surface area contributed by atoms with E-state index < -0.39 is 23.6 Å². The van der Waals surface area contributed by atoms with Crippen molar-refractivity contribution >= 4 is 23.7 Å². The van der Waals surface area contributed by atoms with Gasteiger partial charge in [0.2, 0.25) is 0 Å². The van der Waals surface area contributed by atoms with E-state index in [2.05, 4.69) is 5.32 Å². The zero-order valence-electron chi connectivity index (χ0n) is 13.3. The van der Waals surface area contributed by atoms with Crippen LogP contribution in [0.3, 0.4) is 0 Å². The molecule has 1 atom stereocenters. The number of alkyl carbamates (subject to hydrolysis) is 1. The molecular weight excluding hydrogens is 306 g/mol. The van der Waals surface area contributed by atoms with Gasteiger partial charge in [0.25, 0.3) is 0 Å². The van der Waals surface area contributed by atoms with E-state index >= 15 is 0 Å². The minimum atomic E-state index is -0.586. The van der Waals surface area contributed by atoms with Crippen LogP contribution in [0, 0.1) is 5.92 Å². The van der Waals surface area contributed by atoms with Crippen molar-refractivity contribution in [2.24, 2.45) is 5.92 Å². The third-order valence-electron chi connectivity index (χ3n) is 2.80. The Morgan fingerprint density at radius 1 is 1.32 bits per heavy atom. The van der Waals surface area contributed by atoms with Gasteiger partial charge in [0.15, 0.2) is 0 Å². The molecule has 0 heterocycles. The molecule has 0 saturated carbocycles. The van der Waals surface area contributed by atoms with Crippen LogP contribution in [0.25, 0.3) is 0 Å². The van der Waals surface area contributed by atoms with Crippen LogP contribution in [0.15, 0.2) is 24.3 Å². The number of esters is 1. The fraction of sp³-hybridized carbons (Fsp3) is 0.500. The minimum Gasteiger partial charge on any atom is -0.469 e. The van der Waals surface area contributed by atoms with Crippen LogP contribution in [-0.4, -0.2) is 31.3 Å². The Morgan fingerprint density at radius 2 is 2.00 bits per heavy atom. The molecule has 0 aliphatic rings.